The zero-order valence-corrected chi connectivity index (χ0v) is 9.08. The molecule has 0 spiro atoms. The summed E-state index contributed by atoms with van der Waals surface area (Å²) in [5, 5.41) is 0. The fourth-order valence-electron chi connectivity index (χ4n) is 0. The van der Waals surface area contributed by atoms with Gasteiger partial charge in [0.1, 0.15) is 0 Å². The van der Waals surface area contributed by atoms with E-state index in [1.807, 2.05) is 0 Å². The minimum atomic E-state index is 0. The third-order valence-electron chi connectivity index (χ3n) is 0. The maximum atomic E-state index is 8.34. The minimum absolute atomic E-state index is 0. The van der Waals surface area contributed by atoms with Gasteiger partial charge in [-0.1, -0.05) is 0 Å². The normalized spacial score (nSPS) is 1.00. The van der Waals surface area contributed by atoms with Gasteiger partial charge in [-0.15, -0.1) is 12.4 Å². The standard InChI is InChI=1S/ClH.Hf.O.Sn/h1H;;;. The van der Waals surface area contributed by atoms with Gasteiger partial charge in [-0.25, -0.2) is 0 Å². The van der Waals surface area contributed by atoms with Gasteiger partial charge in [0.05, 0.1) is 0 Å². The van der Waals surface area contributed by atoms with Crippen LogP contribution >= 0.6 is 12.4 Å². The molecule has 1 nitrogen and oxygen atoms in total. The molecule has 0 bridgehead atoms. The summed E-state index contributed by atoms with van der Waals surface area (Å²) in [7, 11) is 0. The number of hydrogen-bond donors (Lipinski definition) is 0. The Bertz CT molecular complexity index is 8.00. The third kappa shape index (κ3) is 9.25. The van der Waals surface area contributed by atoms with Crippen molar-refractivity contribution in [3.05, 3.63) is 0 Å². The molecular weight excluding hydrogens is 349 g/mol. The number of hydrogen-bond acceptors (Lipinski definition) is 1. The fraction of sp³-hybridized carbons (Fsp3) is 0. The molecule has 0 aliphatic rings. The molecule has 2 radical (unpaired) electrons. The summed E-state index contributed by atoms with van der Waals surface area (Å²) < 4.78 is 8.34. The summed E-state index contributed by atoms with van der Waals surface area (Å²) in [6.45, 7) is 0. The molecule has 4 heavy (non-hydrogen) atoms. The van der Waals surface area contributed by atoms with Crippen LogP contribution < -0.4 is 0 Å². The zero-order chi connectivity index (χ0) is 2.00. The van der Waals surface area contributed by atoms with Gasteiger partial charge < -0.3 is 0 Å². The van der Waals surface area contributed by atoms with Crippen molar-refractivity contribution in [1.29, 1.82) is 0 Å². The Morgan fingerprint density at radius 3 is 1.25 bits per heavy atom. The van der Waals surface area contributed by atoms with Crippen LogP contribution in [0.4, 0.5) is 0 Å². The molecule has 0 unspecified atom stereocenters. The van der Waals surface area contributed by atoms with E-state index in [0.29, 0.717) is 22.5 Å². The van der Waals surface area contributed by atoms with E-state index in [1.165, 1.54) is 0 Å². The van der Waals surface area contributed by atoms with Gasteiger partial charge in [0.15, 0.2) is 0 Å². The zero-order valence-electron chi connectivity index (χ0n) is 1.82. The summed E-state index contributed by atoms with van der Waals surface area (Å²) in [6, 6.07) is 0. The molecule has 0 rings (SSSR count). The van der Waals surface area contributed by atoms with E-state index >= 15 is 0 Å². The quantitative estimate of drug-likeness (QED) is 0.559. The van der Waals surface area contributed by atoms with E-state index in [0.717, 1.165) is 0 Å². The molecule has 0 saturated heterocycles. The molecule has 0 aliphatic heterocycles. The number of halogens is 1. The Morgan fingerprint density at radius 2 is 1.25 bits per heavy atom. The number of rotatable bonds is 0. The molecular formula is HClHfOSn. The first-order chi connectivity index (χ1) is 1.00. The van der Waals surface area contributed by atoms with Crippen molar-refractivity contribution in [3.8, 4) is 0 Å². The summed E-state index contributed by atoms with van der Waals surface area (Å²) in [5.74, 6) is 0. The Balaban J connectivity index is -0.00000000500. The average molecular weight is 350 g/mol. The molecule has 0 saturated carbocycles. The monoisotopic (exact) mass is 352 g/mol. The molecule has 22 valence electrons. The van der Waals surface area contributed by atoms with E-state index in [1.54, 1.807) is 0 Å². The van der Waals surface area contributed by atoms with Crippen LogP contribution in [0.1, 0.15) is 0 Å². The van der Waals surface area contributed by atoms with E-state index in [4.69, 9.17) is 3.08 Å². The van der Waals surface area contributed by atoms with Crippen LogP contribution in [0.3, 0.4) is 0 Å². The van der Waals surface area contributed by atoms with Gasteiger partial charge in [-0.05, 0) is 0 Å². The van der Waals surface area contributed by atoms with Crippen LogP contribution in [-0.4, -0.2) is 22.5 Å². The van der Waals surface area contributed by atoms with Crippen molar-refractivity contribution in [1.82, 2.24) is 0 Å². The molecule has 0 atom stereocenters. The first-order valence-electron chi connectivity index (χ1n) is 0.204. The maximum absolute atomic E-state index is 8.34. The molecule has 0 aliphatic carbocycles. The SMILES string of the molecule is Cl.[Hf].[O]=[Sn]. The second-order valence-electron chi connectivity index (χ2n) is 0. The Labute approximate surface area is 63.2 Å². The van der Waals surface area contributed by atoms with E-state index in [9.17, 15) is 0 Å². The molecule has 0 heterocycles. The van der Waals surface area contributed by atoms with Gasteiger partial charge in [0.2, 0.25) is 0 Å². The molecule has 4 heteroatoms. The van der Waals surface area contributed by atoms with Gasteiger partial charge >= 0.3 is 25.6 Å². The van der Waals surface area contributed by atoms with Crippen molar-refractivity contribution < 1.29 is 28.9 Å². The predicted molar refractivity (Wildman–Crippen MR) is 13.7 cm³/mol. The predicted octanol–water partition coefficient (Wildman–Crippen LogP) is -0.0803. The Morgan fingerprint density at radius 1 is 1.25 bits per heavy atom. The molecule has 0 aromatic rings. The van der Waals surface area contributed by atoms with Crippen LogP contribution in [0, 0.1) is 0 Å². The van der Waals surface area contributed by atoms with Gasteiger partial charge in [0.25, 0.3) is 0 Å². The van der Waals surface area contributed by atoms with Crippen molar-refractivity contribution in [3.63, 3.8) is 0 Å². The van der Waals surface area contributed by atoms with E-state index in [-0.39, 0.29) is 38.3 Å². The summed E-state index contributed by atoms with van der Waals surface area (Å²) in [4.78, 5) is 0. The molecule has 0 aromatic carbocycles. The first kappa shape index (κ1) is 17.1. The van der Waals surface area contributed by atoms with Crippen LogP contribution in [0.2, 0.25) is 0 Å². The second kappa shape index (κ2) is 21.7. The molecule has 0 N–H and O–H groups in total. The van der Waals surface area contributed by atoms with Crippen molar-refractivity contribution in [2.24, 2.45) is 0 Å². The van der Waals surface area contributed by atoms with Crippen molar-refractivity contribution >= 4 is 34.9 Å². The van der Waals surface area contributed by atoms with Gasteiger partial charge in [0, 0.05) is 25.8 Å². The molecule has 0 fully saturated rings. The fourth-order valence-corrected chi connectivity index (χ4v) is 0. The van der Waals surface area contributed by atoms with Crippen molar-refractivity contribution in [2.45, 2.75) is 0 Å². The summed E-state index contributed by atoms with van der Waals surface area (Å²) in [6.07, 6.45) is 0. The molecule has 0 amide bonds. The first-order valence-corrected chi connectivity index (χ1v) is 1.37. The Hall–Kier alpha value is 1.76. The van der Waals surface area contributed by atoms with Gasteiger partial charge in [-0.3, -0.25) is 0 Å². The van der Waals surface area contributed by atoms with Crippen LogP contribution in [0.5, 0.6) is 0 Å². The topological polar surface area (TPSA) is 17.1 Å². The second-order valence-corrected chi connectivity index (χ2v) is 0. The Kier molecular flexibility index (Phi) is 93.1. The summed E-state index contributed by atoms with van der Waals surface area (Å²) in [5.41, 5.74) is 0. The van der Waals surface area contributed by atoms with E-state index in [2.05, 4.69) is 0 Å². The molecule has 0 aromatic heterocycles. The average Bonchev–Trinajstić information content (AvgIpc) is 1.00. The van der Waals surface area contributed by atoms with Crippen LogP contribution in [0.15, 0.2) is 0 Å². The van der Waals surface area contributed by atoms with E-state index < -0.39 is 0 Å². The van der Waals surface area contributed by atoms with Crippen molar-refractivity contribution in [2.75, 3.05) is 0 Å². The third-order valence-corrected chi connectivity index (χ3v) is 0. The van der Waals surface area contributed by atoms with Crippen LogP contribution in [0.25, 0.3) is 0 Å². The summed E-state index contributed by atoms with van der Waals surface area (Å²) >= 11 is 0.300. The van der Waals surface area contributed by atoms with Crippen LogP contribution in [-0.2, 0) is 28.9 Å². The van der Waals surface area contributed by atoms with Gasteiger partial charge in [-0.2, -0.15) is 0 Å².